The van der Waals surface area contributed by atoms with Gasteiger partial charge in [-0.25, -0.2) is 23.4 Å². The monoisotopic (exact) mass is 710 g/mol. The van der Waals surface area contributed by atoms with Gasteiger partial charge in [0.05, 0.1) is 28.8 Å². The summed E-state index contributed by atoms with van der Waals surface area (Å²) in [6.07, 6.45) is -13.4. The van der Waals surface area contributed by atoms with Crippen molar-refractivity contribution < 1.29 is 69.0 Å². The summed E-state index contributed by atoms with van der Waals surface area (Å²) in [5, 5.41) is 24.0. The number of nitro groups is 1. The Morgan fingerprint density at radius 2 is 1.67 bits per heavy atom. The fourth-order valence-electron chi connectivity index (χ4n) is 4.33. The Morgan fingerprint density at radius 1 is 1.02 bits per heavy atom. The number of hydrogen-bond acceptors (Lipinski definition) is 10. The second-order valence-electron chi connectivity index (χ2n) is 10.9. The molecule has 2 N–H and O–H groups in total. The number of methoxy groups -OCH3 is 1. The molecule has 49 heavy (non-hydrogen) atoms. The van der Waals surface area contributed by atoms with Crippen LogP contribution in [0.1, 0.15) is 42.4 Å². The normalized spacial score (nSPS) is 12.7. The Kier molecular flexibility index (Phi) is 11.3. The van der Waals surface area contributed by atoms with E-state index >= 15 is 4.39 Å². The number of carbonyl (C=O) groups excluding carboxylic acids is 1. The van der Waals surface area contributed by atoms with Crippen molar-refractivity contribution in [1.82, 2.24) is 10.3 Å². The molecule has 0 aliphatic carbocycles. The summed E-state index contributed by atoms with van der Waals surface area (Å²) in [6.45, 7) is 3.62. The molecule has 266 valence electrons. The predicted octanol–water partition coefficient (Wildman–Crippen LogP) is 6.53. The molecule has 1 aromatic heterocycles. The van der Waals surface area contributed by atoms with E-state index in [1.165, 1.54) is 33.9 Å². The van der Waals surface area contributed by atoms with E-state index in [2.05, 4.69) is 15.0 Å². The van der Waals surface area contributed by atoms with Crippen LogP contribution in [0.2, 0.25) is 0 Å². The Hall–Kier alpha value is -5.27. The third-order valence-electron chi connectivity index (χ3n) is 6.22. The standard InChI is InChI=1S/C29H26F8N4O8/c1-27(2,3)49-26(44)24(38-10-9-19-20(41(45)46)6-8-23(39-19)47-4)40(14-5-7-22(18(31)11-14)48-29(35,36)37)21-13-16(28(32,33)34)17(30)12-15(21)25(42)43/h5-8,11-13,24,38H,9-10H2,1-4H3,(H,42,43). The van der Waals surface area contributed by atoms with Crippen molar-refractivity contribution in [2.75, 3.05) is 18.6 Å². The van der Waals surface area contributed by atoms with Crippen LogP contribution in [0.3, 0.4) is 0 Å². The van der Waals surface area contributed by atoms with Crippen LogP contribution < -0.4 is 19.7 Å². The van der Waals surface area contributed by atoms with Gasteiger partial charge in [0, 0.05) is 36.9 Å². The first kappa shape index (κ1) is 38.2. The van der Waals surface area contributed by atoms with Crippen molar-refractivity contribution in [3.63, 3.8) is 0 Å². The molecule has 0 amide bonds. The van der Waals surface area contributed by atoms with Gasteiger partial charge >= 0.3 is 24.5 Å². The molecule has 1 heterocycles. The van der Waals surface area contributed by atoms with Crippen LogP contribution in [0, 0.1) is 21.7 Å². The number of nitrogens with one attached hydrogen (secondary N) is 1. The maximum Gasteiger partial charge on any atom is 0.573 e. The highest BCUT2D eigenvalue weighted by atomic mass is 19.4. The number of carbonyl (C=O) groups is 2. The molecule has 1 unspecified atom stereocenters. The van der Waals surface area contributed by atoms with E-state index in [9.17, 15) is 55.5 Å². The number of aromatic carboxylic acids is 1. The molecule has 0 saturated carbocycles. The number of nitrogens with zero attached hydrogens (tertiary/aromatic N) is 3. The second kappa shape index (κ2) is 14.5. The third-order valence-corrected chi connectivity index (χ3v) is 6.22. The maximum atomic E-state index is 15.0. The van der Waals surface area contributed by atoms with E-state index in [-0.39, 0.29) is 29.8 Å². The van der Waals surface area contributed by atoms with Crippen molar-refractivity contribution in [3.05, 3.63) is 81.0 Å². The largest absolute Gasteiger partial charge is 0.573 e. The Bertz CT molecular complexity index is 1730. The van der Waals surface area contributed by atoms with Gasteiger partial charge in [-0.15, -0.1) is 13.2 Å². The summed E-state index contributed by atoms with van der Waals surface area (Å²) >= 11 is 0. The van der Waals surface area contributed by atoms with Crippen molar-refractivity contribution in [2.24, 2.45) is 0 Å². The molecular formula is C29H26F8N4O8. The number of hydrogen-bond donors (Lipinski definition) is 2. The number of aromatic nitrogens is 1. The summed E-state index contributed by atoms with van der Waals surface area (Å²) < 4.78 is 124. The molecule has 0 spiro atoms. The zero-order chi connectivity index (χ0) is 37.1. The Balaban J connectivity index is 2.30. The Labute approximate surface area is 271 Å². The lowest BCUT2D eigenvalue weighted by molar-refractivity contribution is -0.385. The summed E-state index contributed by atoms with van der Waals surface area (Å²) in [5.41, 5.74) is -7.07. The average molecular weight is 711 g/mol. The third kappa shape index (κ3) is 9.87. The van der Waals surface area contributed by atoms with Crippen LogP contribution >= 0.6 is 0 Å². The van der Waals surface area contributed by atoms with Gasteiger partial charge in [-0.2, -0.15) is 13.2 Å². The molecule has 1 atom stereocenters. The fourth-order valence-corrected chi connectivity index (χ4v) is 4.33. The molecule has 2 aromatic carbocycles. The molecule has 3 aromatic rings. The summed E-state index contributed by atoms with van der Waals surface area (Å²) in [4.78, 5) is 41.1. The molecule has 0 saturated heterocycles. The molecule has 0 aliphatic heterocycles. The smallest absolute Gasteiger partial charge is 0.481 e. The first-order valence-electron chi connectivity index (χ1n) is 13.7. The summed E-state index contributed by atoms with van der Waals surface area (Å²) in [6, 6.07) is 3.57. The number of carboxylic acid groups (broad SMARTS) is 1. The molecular weight excluding hydrogens is 684 g/mol. The number of anilines is 2. The number of pyridine rings is 1. The molecule has 0 radical (unpaired) electrons. The lowest BCUT2D eigenvalue weighted by Crippen LogP contribution is -2.52. The lowest BCUT2D eigenvalue weighted by atomic mass is 10.0. The SMILES string of the molecule is COc1ccc([N+](=O)[O-])c(CCNC(C(=O)OC(C)(C)C)N(c2ccc(OC(F)(F)F)c(F)c2)c2cc(C(F)(F)F)c(F)cc2C(=O)O)n1. The highest BCUT2D eigenvalue weighted by Gasteiger charge is 2.40. The first-order chi connectivity index (χ1) is 22.5. The quantitative estimate of drug-likeness (QED) is 0.0694. The zero-order valence-electron chi connectivity index (χ0n) is 25.7. The van der Waals surface area contributed by atoms with Crippen molar-refractivity contribution in [2.45, 2.75) is 51.5 Å². The second-order valence-corrected chi connectivity index (χ2v) is 10.9. The van der Waals surface area contributed by atoms with E-state index in [0.717, 1.165) is 6.07 Å². The van der Waals surface area contributed by atoms with Crippen LogP contribution in [0.4, 0.5) is 52.2 Å². The molecule has 12 nitrogen and oxygen atoms in total. The highest BCUT2D eigenvalue weighted by molar-refractivity contribution is 5.97. The van der Waals surface area contributed by atoms with Gasteiger partial charge in [0.25, 0.3) is 5.69 Å². The van der Waals surface area contributed by atoms with Gasteiger partial charge in [0.15, 0.2) is 17.7 Å². The van der Waals surface area contributed by atoms with Crippen LogP contribution in [-0.2, 0) is 22.1 Å². The van der Waals surface area contributed by atoms with Crippen LogP contribution in [0.25, 0.3) is 0 Å². The van der Waals surface area contributed by atoms with Crippen LogP contribution in [0.5, 0.6) is 11.6 Å². The fraction of sp³-hybridized carbons (Fsp3) is 0.345. The molecule has 0 bridgehead atoms. The molecule has 3 rings (SSSR count). The summed E-state index contributed by atoms with van der Waals surface area (Å²) in [7, 11) is 1.22. The van der Waals surface area contributed by atoms with Gasteiger partial charge in [0.2, 0.25) is 5.88 Å². The number of alkyl halides is 6. The number of benzene rings is 2. The van der Waals surface area contributed by atoms with Gasteiger partial charge in [-0.3, -0.25) is 15.4 Å². The zero-order valence-corrected chi connectivity index (χ0v) is 25.7. The molecule has 0 aliphatic rings. The van der Waals surface area contributed by atoms with Crippen LogP contribution in [-0.4, -0.2) is 58.7 Å². The highest BCUT2D eigenvalue weighted by Crippen LogP contribution is 2.40. The van der Waals surface area contributed by atoms with E-state index in [4.69, 9.17) is 9.47 Å². The predicted molar refractivity (Wildman–Crippen MR) is 152 cm³/mol. The topological polar surface area (TPSA) is 153 Å². The first-order valence-corrected chi connectivity index (χ1v) is 13.7. The molecule has 0 fully saturated rings. The Morgan fingerprint density at radius 3 is 2.18 bits per heavy atom. The van der Waals surface area contributed by atoms with E-state index in [0.29, 0.717) is 17.0 Å². The van der Waals surface area contributed by atoms with Gasteiger partial charge < -0.3 is 24.2 Å². The number of rotatable bonds is 12. The number of halogens is 8. The van der Waals surface area contributed by atoms with Crippen molar-refractivity contribution in [3.8, 4) is 11.6 Å². The van der Waals surface area contributed by atoms with Gasteiger partial charge in [-0.1, -0.05) is 0 Å². The average Bonchev–Trinajstić information content (AvgIpc) is 2.95. The van der Waals surface area contributed by atoms with Gasteiger partial charge in [-0.05, 0) is 45.0 Å². The van der Waals surface area contributed by atoms with E-state index in [1.807, 2.05) is 0 Å². The van der Waals surface area contributed by atoms with E-state index in [1.54, 1.807) is 0 Å². The minimum absolute atomic E-state index is 0.00429. The number of ether oxygens (including phenoxy) is 3. The van der Waals surface area contributed by atoms with Gasteiger partial charge in [0.1, 0.15) is 17.1 Å². The number of carboxylic acids is 1. The lowest BCUT2D eigenvalue weighted by Gasteiger charge is -2.35. The summed E-state index contributed by atoms with van der Waals surface area (Å²) in [5.74, 6) is -8.63. The molecule has 20 heteroatoms. The maximum absolute atomic E-state index is 15.0. The van der Waals surface area contributed by atoms with Crippen molar-refractivity contribution >= 4 is 29.0 Å². The van der Waals surface area contributed by atoms with Crippen LogP contribution in [0.15, 0.2) is 42.5 Å². The van der Waals surface area contributed by atoms with Crippen molar-refractivity contribution in [1.29, 1.82) is 0 Å². The number of esters is 1. The minimum Gasteiger partial charge on any atom is -0.481 e. The van der Waals surface area contributed by atoms with E-state index < -0.39 is 99.7 Å². The minimum atomic E-state index is -5.44.